The molecule has 5 nitrogen and oxygen atoms in total. The van der Waals surface area contributed by atoms with Gasteiger partial charge < -0.3 is 5.11 Å². The number of hydrogen-bond donors (Lipinski definition) is 2. The number of carbonyl (C=O) groups excluding carboxylic acids is 1. The third-order valence-corrected chi connectivity index (χ3v) is 3.43. The van der Waals surface area contributed by atoms with E-state index in [0.29, 0.717) is 5.02 Å². The normalized spacial score (nSPS) is 10.2. The van der Waals surface area contributed by atoms with Crippen LogP contribution in [0.1, 0.15) is 20.8 Å². The molecule has 1 aromatic carbocycles. The summed E-state index contributed by atoms with van der Waals surface area (Å²) >= 11 is 12.6. The molecule has 1 amide bonds. The van der Waals surface area contributed by atoms with Crippen LogP contribution in [0, 0.1) is 0 Å². The van der Waals surface area contributed by atoms with Crippen LogP contribution in [0.4, 0.5) is 5.13 Å². The Balaban J connectivity index is 2.18. The van der Waals surface area contributed by atoms with Crippen LogP contribution in [0.15, 0.2) is 23.6 Å². The molecule has 0 radical (unpaired) electrons. The van der Waals surface area contributed by atoms with Gasteiger partial charge in [0.15, 0.2) is 10.8 Å². The topological polar surface area (TPSA) is 79.3 Å². The molecule has 98 valence electrons. The molecule has 0 bridgehead atoms. The molecule has 2 N–H and O–H groups in total. The fourth-order valence-electron chi connectivity index (χ4n) is 1.27. The molecule has 1 aromatic heterocycles. The summed E-state index contributed by atoms with van der Waals surface area (Å²) in [5, 5.41) is 13.3. The minimum Gasteiger partial charge on any atom is -0.476 e. The Bertz CT molecular complexity index is 657. The summed E-state index contributed by atoms with van der Waals surface area (Å²) in [5.74, 6) is -1.63. The fraction of sp³-hybridized carbons (Fsp3) is 0. The Labute approximate surface area is 121 Å². The fourth-order valence-corrected chi connectivity index (χ4v) is 2.44. The SMILES string of the molecule is O=C(O)c1csc(NC(=O)c2ccc(Cl)cc2Cl)n1. The second kappa shape index (κ2) is 5.56. The predicted molar refractivity (Wildman–Crippen MR) is 73.5 cm³/mol. The molecule has 0 atom stereocenters. The molecular formula is C11H6Cl2N2O3S. The van der Waals surface area contributed by atoms with Crippen LogP contribution in [0.3, 0.4) is 0 Å². The molecule has 0 aliphatic rings. The molecule has 2 aromatic rings. The van der Waals surface area contributed by atoms with Crippen LogP contribution in [0.2, 0.25) is 10.0 Å². The predicted octanol–water partition coefficient (Wildman–Crippen LogP) is 3.40. The zero-order chi connectivity index (χ0) is 14.0. The maximum absolute atomic E-state index is 11.9. The first-order valence-electron chi connectivity index (χ1n) is 4.92. The van der Waals surface area contributed by atoms with E-state index >= 15 is 0 Å². The summed E-state index contributed by atoms with van der Waals surface area (Å²) in [4.78, 5) is 26.3. The molecule has 0 saturated heterocycles. The van der Waals surface area contributed by atoms with Crippen molar-refractivity contribution in [3.05, 3.63) is 44.9 Å². The molecule has 0 unspecified atom stereocenters. The number of carboxylic acid groups (broad SMARTS) is 1. The highest BCUT2D eigenvalue weighted by molar-refractivity contribution is 7.14. The van der Waals surface area contributed by atoms with Gasteiger partial charge in [-0.25, -0.2) is 9.78 Å². The van der Waals surface area contributed by atoms with Crippen LogP contribution in [-0.2, 0) is 0 Å². The van der Waals surface area contributed by atoms with Crippen molar-refractivity contribution in [2.75, 3.05) is 5.32 Å². The number of nitrogens with zero attached hydrogens (tertiary/aromatic N) is 1. The largest absolute Gasteiger partial charge is 0.476 e. The van der Waals surface area contributed by atoms with E-state index in [2.05, 4.69) is 10.3 Å². The van der Waals surface area contributed by atoms with Gasteiger partial charge in [-0.1, -0.05) is 23.2 Å². The molecule has 0 aliphatic heterocycles. The number of anilines is 1. The average Bonchev–Trinajstić information content (AvgIpc) is 2.77. The summed E-state index contributed by atoms with van der Waals surface area (Å²) in [5.41, 5.74) is 0.112. The zero-order valence-corrected chi connectivity index (χ0v) is 11.5. The van der Waals surface area contributed by atoms with E-state index in [0.717, 1.165) is 11.3 Å². The average molecular weight is 317 g/mol. The summed E-state index contributed by atoms with van der Waals surface area (Å²) in [7, 11) is 0. The summed E-state index contributed by atoms with van der Waals surface area (Å²) in [6, 6.07) is 4.46. The van der Waals surface area contributed by atoms with Crippen molar-refractivity contribution in [1.82, 2.24) is 4.98 Å². The van der Waals surface area contributed by atoms with Crippen molar-refractivity contribution in [2.24, 2.45) is 0 Å². The monoisotopic (exact) mass is 316 g/mol. The number of thiazole rings is 1. The molecule has 2 rings (SSSR count). The van der Waals surface area contributed by atoms with Gasteiger partial charge in [0.05, 0.1) is 10.6 Å². The number of benzene rings is 1. The van der Waals surface area contributed by atoms with Crippen LogP contribution in [-0.4, -0.2) is 22.0 Å². The van der Waals surface area contributed by atoms with Gasteiger partial charge in [-0.2, -0.15) is 0 Å². The van der Waals surface area contributed by atoms with Gasteiger partial charge in [-0.15, -0.1) is 11.3 Å². The number of nitrogens with one attached hydrogen (secondary N) is 1. The van der Waals surface area contributed by atoms with Crippen molar-refractivity contribution in [3.8, 4) is 0 Å². The Hall–Kier alpha value is -1.63. The van der Waals surface area contributed by atoms with Gasteiger partial charge in [0, 0.05) is 10.4 Å². The van der Waals surface area contributed by atoms with Crippen LogP contribution < -0.4 is 5.32 Å². The molecule has 0 fully saturated rings. The van der Waals surface area contributed by atoms with Gasteiger partial charge in [0.2, 0.25) is 0 Å². The van der Waals surface area contributed by atoms with Gasteiger partial charge in [0.1, 0.15) is 0 Å². The van der Waals surface area contributed by atoms with Crippen molar-refractivity contribution >= 4 is 51.5 Å². The van der Waals surface area contributed by atoms with E-state index in [4.69, 9.17) is 28.3 Å². The zero-order valence-electron chi connectivity index (χ0n) is 9.18. The maximum atomic E-state index is 11.9. The second-order valence-electron chi connectivity index (χ2n) is 3.42. The number of aromatic nitrogens is 1. The number of halogens is 2. The number of hydrogen-bond acceptors (Lipinski definition) is 4. The Kier molecular flexibility index (Phi) is 4.04. The number of carbonyl (C=O) groups is 2. The molecule has 19 heavy (non-hydrogen) atoms. The minimum atomic E-state index is -1.15. The number of amides is 1. The van der Waals surface area contributed by atoms with E-state index in [1.807, 2.05) is 0 Å². The van der Waals surface area contributed by atoms with Crippen molar-refractivity contribution in [3.63, 3.8) is 0 Å². The maximum Gasteiger partial charge on any atom is 0.355 e. The quantitative estimate of drug-likeness (QED) is 0.909. The lowest BCUT2D eigenvalue weighted by Crippen LogP contribution is -2.12. The Morgan fingerprint density at radius 3 is 2.63 bits per heavy atom. The summed E-state index contributed by atoms with van der Waals surface area (Å²) in [6.07, 6.45) is 0. The van der Waals surface area contributed by atoms with Crippen molar-refractivity contribution in [1.29, 1.82) is 0 Å². The second-order valence-corrected chi connectivity index (χ2v) is 5.12. The highest BCUT2D eigenvalue weighted by Gasteiger charge is 2.14. The van der Waals surface area contributed by atoms with E-state index in [9.17, 15) is 9.59 Å². The van der Waals surface area contributed by atoms with E-state index < -0.39 is 11.9 Å². The smallest absolute Gasteiger partial charge is 0.355 e. The third-order valence-electron chi connectivity index (χ3n) is 2.12. The standard InChI is InChI=1S/C11H6Cl2N2O3S/c12-5-1-2-6(7(13)3-5)9(16)15-11-14-8(4-19-11)10(17)18/h1-4H,(H,17,18)(H,14,15,16). The first-order chi connectivity index (χ1) is 8.97. The van der Waals surface area contributed by atoms with E-state index in [1.165, 1.54) is 23.6 Å². The summed E-state index contributed by atoms with van der Waals surface area (Å²) in [6.45, 7) is 0. The number of aromatic carboxylic acids is 1. The molecule has 0 aliphatic carbocycles. The van der Waals surface area contributed by atoms with E-state index in [1.54, 1.807) is 0 Å². The van der Waals surface area contributed by atoms with Crippen LogP contribution in [0.5, 0.6) is 0 Å². The first-order valence-corrected chi connectivity index (χ1v) is 6.56. The third kappa shape index (κ3) is 3.23. The van der Waals surface area contributed by atoms with Gasteiger partial charge in [-0.3, -0.25) is 10.1 Å². The van der Waals surface area contributed by atoms with Crippen LogP contribution >= 0.6 is 34.5 Å². The lowest BCUT2D eigenvalue weighted by Gasteiger charge is -2.04. The first kappa shape index (κ1) is 13.8. The Morgan fingerprint density at radius 1 is 1.32 bits per heavy atom. The lowest BCUT2D eigenvalue weighted by molar-refractivity contribution is 0.0691. The van der Waals surface area contributed by atoms with Gasteiger partial charge >= 0.3 is 5.97 Å². The minimum absolute atomic E-state index is 0.123. The van der Waals surface area contributed by atoms with Crippen molar-refractivity contribution < 1.29 is 14.7 Å². The van der Waals surface area contributed by atoms with E-state index in [-0.39, 0.29) is 21.4 Å². The number of rotatable bonds is 3. The molecule has 8 heteroatoms. The molecule has 0 spiro atoms. The molecule has 0 saturated carbocycles. The summed E-state index contributed by atoms with van der Waals surface area (Å²) < 4.78 is 0. The van der Waals surface area contributed by atoms with Crippen LogP contribution in [0.25, 0.3) is 0 Å². The van der Waals surface area contributed by atoms with Gasteiger partial charge in [0.25, 0.3) is 5.91 Å². The highest BCUT2D eigenvalue weighted by Crippen LogP contribution is 2.23. The number of carboxylic acids is 1. The molecule has 1 heterocycles. The van der Waals surface area contributed by atoms with Gasteiger partial charge in [-0.05, 0) is 18.2 Å². The van der Waals surface area contributed by atoms with Crippen molar-refractivity contribution in [2.45, 2.75) is 0 Å². The Morgan fingerprint density at radius 2 is 2.05 bits per heavy atom. The molecular weight excluding hydrogens is 311 g/mol. The lowest BCUT2D eigenvalue weighted by atomic mass is 10.2. The highest BCUT2D eigenvalue weighted by atomic mass is 35.5.